The first-order valence-electron chi connectivity index (χ1n) is 10.1. The lowest BCUT2D eigenvalue weighted by Gasteiger charge is -2.18. The second kappa shape index (κ2) is 9.86. The number of rotatable bonds is 8. The molecule has 0 aliphatic rings. The molecule has 1 atom stereocenters. The van der Waals surface area contributed by atoms with Crippen LogP contribution in [-0.4, -0.2) is 19.2 Å². The van der Waals surface area contributed by atoms with Crippen molar-refractivity contribution in [3.05, 3.63) is 122 Å². The molecule has 1 heterocycles. The number of carbonyl (C=O) groups is 1. The van der Waals surface area contributed by atoms with E-state index in [0.717, 1.165) is 16.5 Å². The average molecular weight is 494 g/mol. The molecule has 0 saturated heterocycles. The largest absolute Gasteiger partial charge is 0.340 e. The van der Waals surface area contributed by atoms with E-state index in [9.17, 15) is 23.3 Å². The van der Waals surface area contributed by atoms with Crippen molar-refractivity contribution in [2.75, 3.05) is 4.72 Å². The summed E-state index contributed by atoms with van der Waals surface area (Å²) in [6, 6.07) is 23.9. The number of non-ortho nitro benzene ring substituents is 1. The molecule has 1 amide bonds. The van der Waals surface area contributed by atoms with Crippen LogP contribution in [0.5, 0.6) is 0 Å². The first kappa shape index (κ1) is 23.1. The van der Waals surface area contributed by atoms with Crippen LogP contribution >= 0.6 is 11.3 Å². The number of nitrogens with zero attached hydrogens (tertiary/aromatic N) is 1. The van der Waals surface area contributed by atoms with Crippen LogP contribution in [0.1, 0.15) is 26.8 Å². The fourth-order valence-corrected chi connectivity index (χ4v) is 5.20. The normalized spacial score (nSPS) is 12.0. The summed E-state index contributed by atoms with van der Waals surface area (Å²) in [5.41, 5.74) is 1.20. The van der Waals surface area contributed by atoms with E-state index in [1.165, 1.54) is 53.8 Å². The highest BCUT2D eigenvalue weighted by atomic mass is 32.2. The summed E-state index contributed by atoms with van der Waals surface area (Å²) in [4.78, 5) is 24.0. The fraction of sp³-hybridized carbons (Fsp3) is 0.0417. The number of nitrogens with one attached hydrogen (secondary N) is 2. The van der Waals surface area contributed by atoms with Crippen molar-refractivity contribution in [2.45, 2.75) is 10.9 Å². The van der Waals surface area contributed by atoms with Gasteiger partial charge in [-0.15, -0.1) is 11.3 Å². The molecular weight excluding hydrogens is 474 g/mol. The number of thiophene rings is 1. The predicted molar refractivity (Wildman–Crippen MR) is 130 cm³/mol. The quantitative estimate of drug-likeness (QED) is 0.265. The molecule has 4 aromatic rings. The molecule has 1 aromatic heterocycles. The van der Waals surface area contributed by atoms with Crippen LogP contribution in [0.2, 0.25) is 0 Å². The Morgan fingerprint density at radius 2 is 1.65 bits per heavy atom. The summed E-state index contributed by atoms with van der Waals surface area (Å²) >= 11 is 1.54. The van der Waals surface area contributed by atoms with Gasteiger partial charge in [0.05, 0.1) is 15.9 Å². The van der Waals surface area contributed by atoms with Crippen molar-refractivity contribution in [1.29, 1.82) is 0 Å². The smallest absolute Gasteiger partial charge is 0.270 e. The van der Waals surface area contributed by atoms with Crippen molar-refractivity contribution in [2.24, 2.45) is 0 Å². The molecule has 3 aromatic carbocycles. The van der Waals surface area contributed by atoms with Crippen LogP contribution in [0.15, 0.2) is 101 Å². The molecule has 1 unspecified atom stereocenters. The van der Waals surface area contributed by atoms with E-state index in [2.05, 4.69) is 10.0 Å². The van der Waals surface area contributed by atoms with Gasteiger partial charge in [-0.1, -0.05) is 42.5 Å². The third kappa shape index (κ3) is 5.30. The number of hydrogen-bond acceptors (Lipinski definition) is 6. The van der Waals surface area contributed by atoms with Crippen LogP contribution in [0.3, 0.4) is 0 Å². The monoisotopic (exact) mass is 493 g/mol. The molecule has 34 heavy (non-hydrogen) atoms. The number of nitro groups is 1. The maximum Gasteiger partial charge on any atom is 0.270 e. The molecule has 0 radical (unpaired) electrons. The second-order valence-corrected chi connectivity index (χ2v) is 9.93. The molecule has 4 rings (SSSR count). The number of benzene rings is 3. The van der Waals surface area contributed by atoms with Gasteiger partial charge in [0.2, 0.25) is 0 Å². The average Bonchev–Trinajstić information content (AvgIpc) is 3.38. The van der Waals surface area contributed by atoms with Crippen molar-refractivity contribution < 1.29 is 18.1 Å². The van der Waals surface area contributed by atoms with Crippen molar-refractivity contribution in [1.82, 2.24) is 5.32 Å². The van der Waals surface area contributed by atoms with Gasteiger partial charge in [-0.25, -0.2) is 8.42 Å². The molecule has 8 nitrogen and oxygen atoms in total. The van der Waals surface area contributed by atoms with Crippen molar-refractivity contribution in [3.8, 4) is 0 Å². The summed E-state index contributed by atoms with van der Waals surface area (Å²) in [7, 11) is -4.04. The molecule has 0 spiro atoms. The highest BCUT2D eigenvalue weighted by Gasteiger charge is 2.20. The van der Waals surface area contributed by atoms with Gasteiger partial charge in [0.15, 0.2) is 0 Å². The number of hydrogen-bond donors (Lipinski definition) is 2. The molecular formula is C24H19N3O5S2. The first-order valence-corrected chi connectivity index (χ1v) is 12.5. The fourth-order valence-electron chi connectivity index (χ4n) is 3.30. The molecule has 10 heteroatoms. The Hall–Kier alpha value is -4.02. The minimum absolute atomic E-state index is 0.223. The maximum absolute atomic E-state index is 12.9. The lowest BCUT2D eigenvalue weighted by Crippen LogP contribution is -2.28. The number of sulfonamides is 1. The number of nitro benzene ring substituents is 1. The van der Waals surface area contributed by atoms with Crippen LogP contribution in [-0.2, 0) is 10.0 Å². The molecule has 0 fully saturated rings. The number of anilines is 1. The first-order chi connectivity index (χ1) is 16.3. The van der Waals surface area contributed by atoms with Gasteiger partial charge in [-0.2, -0.15) is 0 Å². The Labute approximate surface area is 200 Å². The topological polar surface area (TPSA) is 118 Å². The van der Waals surface area contributed by atoms with Crippen molar-refractivity contribution >= 4 is 38.6 Å². The lowest BCUT2D eigenvalue weighted by molar-refractivity contribution is -0.385. The third-order valence-corrected chi connectivity index (χ3v) is 7.29. The van der Waals surface area contributed by atoms with Crippen LogP contribution in [0, 0.1) is 10.1 Å². The summed E-state index contributed by atoms with van der Waals surface area (Å²) < 4.78 is 27.6. The van der Waals surface area contributed by atoms with Crippen LogP contribution in [0.4, 0.5) is 11.4 Å². The SMILES string of the molecule is O=C(NC(c1ccccc1)c1cccs1)c1ccc(NS(=O)(=O)c2cccc([N+](=O)[O-])c2)cc1. The van der Waals surface area contributed by atoms with Crippen molar-refractivity contribution in [3.63, 3.8) is 0 Å². The lowest BCUT2D eigenvalue weighted by atomic mass is 10.0. The Kier molecular flexibility index (Phi) is 6.71. The zero-order chi connectivity index (χ0) is 24.1. The van der Waals surface area contributed by atoms with E-state index in [1.807, 2.05) is 47.8 Å². The van der Waals surface area contributed by atoms with Gasteiger partial charge in [0.25, 0.3) is 21.6 Å². The van der Waals surface area contributed by atoms with E-state index in [-0.39, 0.29) is 28.2 Å². The minimum Gasteiger partial charge on any atom is -0.340 e. The summed E-state index contributed by atoms with van der Waals surface area (Å²) in [6.45, 7) is 0. The summed E-state index contributed by atoms with van der Waals surface area (Å²) in [5, 5.41) is 15.9. The Morgan fingerprint density at radius 1 is 0.912 bits per heavy atom. The van der Waals surface area contributed by atoms with E-state index < -0.39 is 14.9 Å². The Morgan fingerprint density at radius 3 is 2.29 bits per heavy atom. The Bertz CT molecular complexity index is 1400. The summed E-state index contributed by atoms with van der Waals surface area (Å²) in [6.07, 6.45) is 0. The van der Waals surface area contributed by atoms with Gasteiger partial charge < -0.3 is 5.32 Å². The van der Waals surface area contributed by atoms with Gasteiger partial charge in [-0.3, -0.25) is 19.6 Å². The van der Waals surface area contributed by atoms with Crippen LogP contribution in [0.25, 0.3) is 0 Å². The number of carbonyl (C=O) groups excluding carboxylic acids is 1. The van der Waals surface area contributed by atoms with E-state index in [0.29, 0.717) is 5.56 Å². The molecule has 172 valence electrons. The van der Waals surface area contributed by atoms with Gasteiger partial charge in [-0.05, 0) is 47.3 Å². The van der Waals surface area contributed by atoms with E-state index >= 15 is 0 Å². The van der Waals surface area contributed by atoms with Gasteiger partial charge in [0.1, 0.15) is 0 Å². The molecule has 0 aliphatic heterocycles. The summed E-state index contributed by atoms with van der Waals surface area (Å²) in [5.74, 6) is -0.310. The maximum atomic E-state index is 12.9. The molecule has 0 saturated carbocycles. The third-order valence-electron chi connectivity index (χ3n) is 4.97. The standard InChI is InChI=1S/C24H19N3O5S2/c28-24(25-23(22-10-5-15-33-22)17-6-2-1-3-7-17)18-11-13-19(14-12-18)26-34(31,32)21-9-4-8-20(16-21)27(29)30/h1-16,23,26H,(H,25,28). The minimum atomic E-state index is -4.04. The molecule has 0 bridgehead atoms. The Balaban J connectivity index is 1.50. The van der Waals surface area contributed by atoms with Gasteiger partial charge >= 0.3 is 0 Å². The highest BCUT2D eigenvalue weighted by Crippen LogP contribution is 2.27. The zero-order valence-corrected chi connectivity index (χ0v) is 19.3. The zero-order valence-electron chi connectivity index (χ0n) is 17.6. The highest BCUT2D eigenvalue weighted by molar-refractivity contribution is 7.92. The molecule has 0 aliphatic carbocycles. The number of amides is 1. The van der Waals surface area contributed by atoms with Crippen LogP contribution < -0.4 is 10.0 Å². The van der Waals surface area contributed by atoms with E-state index in [4.69, 9.17) is 0 Å². The second-order valence-electron chi connectivity index (χ2n) is 7.27. The predicted octanol–water partition coefficient (Wildman–Crippen LogP) is 4.98. The van der Waals surface area contributed by atoms with Gasteiger partial charge in [0, 0.05) is 28.3 Å². The molecule has 2 N–H and O–H groups in total. The van der Waals surface area contributed by atoms with E-state index in [1.54, 1.807) is 0 Å².